The van der Waals surface area contributed by atoms with Gasteiger partial charge in [-0.3, -0.25) is 4.79 Å². The van der Waals surface area contributed by atoms with Gasteiger partial charge in [0.15, 0.2) is 0 Å². The quantitative estimate of drug-likeness (QED) is 0.450. The van der Waals surface area contributed by atoms with E-state index < -0.39 is 0 Å². The maximum atomic E-state index is 12.3. The molecule has 28 heavy (non-hydrogen) atoms. The Morgan fingerprint density at radius 2 is 1.86 bits per heavy atom. The molecule has 5 nitrogen and oxygen atoms in total. The largest absolute Gasteiger partial charge is 0.494 e. The van der Waals surface area contributed by atoms with E-state index >= 15 is 0 Å². The van der Waals surface area contributed by atoms with Crippen molar-refractivity contribution in [2.45, 2.75) is 19.5 Å². The first-order chi connectivity index (χ1) is 13.8. The van der Waals surface area contributed by atoms with Crippen molar-refractivity contribution in [3.05, 3.63) is 82.8 Å². The van der Waals surface area contributed by atoms with Crippen LogP contribution in [0, 0.1) is 0 Å². The van der Waals surface area contributed by atoms with Crippen LogP contribution in [0.2, 0.25) is 0 Å². The second-order valence-electron chi connectivity index (χ2n) is 6.34. The minimum absolute atomic E-state index is 0.0685. The van der Waals surface area contributed by atoms with Crippen LogP contribution in [0.5, 0.6) is 5.75 Å². The van der Waals surface area contributed by atoms with E-state index in [1.54, 1.807) is 0 Å². The second-order valence-corrected chi connectivity index (χ2v) is 7.29. The molecule has 2 aromatic heterocycles. The van der Waals surface area contributed by atoms with Crippen LogP contribution in [-0.2, 0) is 13.1 Å². The van der Waals surface area contributed by atoms with Crippen molar-refractivity contribution in [1.29, 1.82) is 0 Å². The fourth-order valence-corrected chi connectivity index (χ4v) is 3.73. The number of benzene rings is 2. The number of fused-ring (bicyclic) bond motifs is 1. The van der Waals surface area contributed by atoms with Crippen molar-refractivity contribution in [1.82, 2.24) is 14.9 Å². The molecular formula is C22H21N3O2S. The molecule has 0 aliphatic heterocycles. The molecule has 1 amide bonds. The molecule has 4 rings (SSSR count). The van der Waals surface area contributed by atoms with Crippen LogP contribution in [0.25, 0.3) is 11.0 Å². The number of para-hydroxylation sites is 3. The molecule has 4 aromatic rings. The number of aryl methyl sites for hydroxylation is 1. The number of hydrogen-bond donors (Lipinski definition) is 1. The van der Waals surface area contributed by atoms with Crippen molar-refractivity contribution in [3.8, 4) is 5.75 Å². The number of ether oxygens (including phenoxy) is 1. The number of nitrogens with one attached hydrogen (secondary N) is 1. The summed E-state index contributed by atoms with van der Waals surface area (Å²) in [4.78, 5) is 17.7. The highest BCUT2D eigenvalue weighted by Gasteiger charge is 2.12. The summed E-state index contributed by atoms with van der Waals surface area (Å²) in [5.41, 5.74) is 2.01. The minimum Gasteiger partial charge on any atom is -0.494 e. The fraction of sp³-hybridized carbons (Fsp3) is 0.182. The van der Waals surface area contributed by atoms with Crippen LogP contribution in [0.3, 0.4) is 0 Å². The van der Waals surface area contributed by atoms with Gasteiger partial charge in [-0.1, -0.05) is 36.4 Å². The normalized spacial score (nSPS) is 10.9. The number of amides is 1. The van der Waals surface area contributed by atoms with Crippen molar-refractivity contribution < 1.29 is 9.53 Å². The molecule has 0 aliphatic rings. The Morgan fingerprint density at radius 1 is 1.04 bits per heavy atom. The molecule has 0 fully saturated rings. The third-order valence-electron chi connectivity index (χ3n) is 4.42. The lowest BCUT2D eigenvalue weighted by atomic mass is 10.3. The Hall–Kier alpha value is -3.12. The van der Waals surface area contributed by atoms with Crippen LogP contribution in [0.4, 0.5) is 0 Å². The topological polar surface area (TPSA) is 56.2 Å². The van der Waals surface area contributed by atoms with Gasteiger partial charge in [0, 0.05) is 6.54 Å². The Balaban J connectivity index is 1.43. The Morgan fingerprint density at radius 3 is 2.68 bits per heavy atom. The highest BCUT2D eigenvalue weighted by molar-refractivity contribution is 7.12. The smallest absolute Gasteiger partial charge is 0.261 e. The lowest BCUT2D eigenvalue weighted by Crippen LogP contribution is -2.24. The number of aromatic nitrogens is 2. The summed E-state index contributed by atoms with van der Waals surface area (Å²) in [6.07, 6.45) is 0.848. The SMILES string of the molecule is O=C(NCc1nc2ccccc2n1CCCOc1ccccc1)c1cccs1. The zero-order valence-corrected chi connectivity index (χ0v) is 16.2. The van der Waals surface area contributed by atoms with E-state index in [0.29, 0.717) is 18.0 Å². The third-order valence-corrected chi connectivity index (χ3v) is 5.29. The summed E-state index contributed by atoms with van der Waals surface area (Å²) in [5.74, 6) is 1.66. The molecule has 0 bridgehead atoms. The molecule has 0 unspecified atom stereocenters. The molecule has 0 saturated carbocycles. The first-order valence-corrected chi connectivity index (χ1v) is 10.1. The summed E-state index contributed by atoms with van der Waals surface area (Å²) in [6.45, 7) is 1.79. The number of nitrogens with zero attached hydrogens (tertiary/aromatic N) is 2. The zero-order valence-electron chi connectivity index (χ0n) is 15.4. The summed E-state index contributed by atoms with van der Waals surface area (Å²) in [7, 11) is 0. The number of carbonyl (C=O) groups is 1. The van der Waals surface area contributed by atoms with Crippen molar-refractivity contribution in [3.63, 3.8) is 0 Å². The monoisotopic (exact) mass is 391 g/mol. The minimum atomic E-state index is -0.0685. The van der Waals surface area contributed by atoms with Crippen molar-refractivity contribution in [2.75, 3.05) is 6.61 Å². The predicted molar refractivity (Wildman–Crippen MR) is 112 cm³/mol. The van der Waals surface area contributed by atoms with E-state index in [-0.39, 0.29) is 5.91 Å². The first kappa shape index (κ1) is 18.3. The standard InChI is InChI=1S/C22H21N3O2S/c26-22(20-12-6-15-28-20)23-16-21-24-18-10-4-5-11-19(18)25(21)13-7-14-27-17-8-2-1-3-9-17/h1-6,8-12,15H,7,13-14,16H2,(H,23,26). The maximum absolute atomic E-state index is 12.3. The third kappa shape index (κ3) is 4.23. The van der Waals surface area contributed by atoms with Gasteiger partial charge in [0.2, 0.25) is 0 Å². The summed E-state index contributed by atoms with van der Waals surface area (Å²) < 4.78 is 7.97. The zero-order chi connectivity index (χ0) is 19.2. The number of thiophene rings is 1. The van der Waals surface area contributed by atoms with Crippen LogP contribution in [-0.4, -0.2) is 22.1 Å². The molecule has 0 spiro atoms. The van der Waals surface area contributed by atoms with E-state index in [2.05, 4.69) is 16.0 Å². The first-order valence-electron chi connectivity index (χ1n) is 9.25. The number of rotatable bonds is 8. The van der Waals surface area contributed by atoms with Gasteiger partial charge in [-0.25, -0.2) is 4.98 Å². The lowest BCUT2D eigenvalue weighted by Gasteiger charge is -2.11. The van der Waals surface area contributed by atoms with E-state index in [9.17, 15) is 4.79 Å². The van der Waals surface area contributed by atoms with E-state index in [4.69, 9.17) is 9.72 Å². The van der Waals surface area contributed by atoms with Crippen LogP contribution >= 0.6 is 11.3 Å². The molecule has 0 aliphatic carbocycles. The molecule has 0 saturated heterocycles. The summed E-state index contributed by atoms with van der Waals surface area (Å²) in [5, 5.41) is 4.88. The molecule has 2 aromatic carbocycles. The highest BCUT2D eigenvalue weighted by atomic mass is 32.1. The number of hydrogen-bond acceptors (Lipinski definition) is 4. The van der Waals surface area contributed by atoms with Crippen LogP contribution in [0.1, 0.15) is 21.9 Å². The summed E-state index contributed by atoms with van der Waals surface area (Å²) >= 11 is 1.43. The van der Waals surface area contributed by atoms with Crippen molar-refractivity contribution in [2.24, 2.45) is 0 Å². The molecule has 0 atom stereocenters. The predicted octanol–water partition coefficient (Wildman–Crippen LogP) is 4.50. The van der Waals surface area contributed by atoms with E-state index in [1.807, 2.05) is 66.0 Å². The van der Waals surface area contributed by atoms with Crippen LogP contribution < -0.4 is 10.1 Å². The lowest BCUT2D eigenvalue weighted by molar-refractivity contribution is 0.0953. The van der Waals surface area contributed by atoms with Gasteiger partial charge < -0.3 is 14.6 Å². The van der Waals surface area contributed by atoms with E-state index in [1.165, 1.54) is 11.3 Å². The Kier molecular flexibility index (Phi) is 5.68. The van der Waals surface area contributed by atoms with Gasteiger partial charge in [0.1, 0.15) is 11.6 Å². The molecular weight excluding hydrogens is 370 g/mol. The average Bonchev–Trinajstić information content (AvgIpc) is 3.38. The van der Waals surface area contributed by atoms with Gasteiger partial charge in [-0.2, -0.15) is 0 Å². The Labute approximate surface area is 167 Å². The summed E-state index contributed by atoms with van der Waals surface area (Å²) in [6, 6.07) is 21.6. The van der Waals surface area contributed by atoms with Crippen molar-refractivity contribution >= 4 is 28.3 Å². The molecule has 142 valence electrons. The van der Waals surface area contributed by atoms with Gasteiger partial charge in [-0.05, 0) is 42.1 Å². The van der Waals surface area contributed by atoms with Gasteiger partial charge in [-0.15, -0.1) is 11.3 Å². The van der Waals surface area contributed by atoms with Gasteiger partial charge >= 0.3 is 0 Å². The average molecular weight is 391 g/mol. The van der Waals surface area contributed by atoms with Gasteiger partial charge in [0.05, 0.1) is 29.1 Å². The maximum Gasteiger partial charge on any atom is 0.261 e. The molecule has 0 radical (unpaired) electrons. The molecule has 2 heterocycles. The van der Waals surface area contributed by atoms with Crippen LogP contribution in [0.15, 0.2) is 72.1 Å². The fourth-order valence-electron chi connectivity index (χ4n) is 3.09. The van der Waals surface area contributed by atoms with E-state index in [0.717, 1.165) is 35.6 Å². The van der Waals surface area contributed by atoms with Gasteiger partial charge in [0.25, 0.3) is 5.91 Å². The molecule has 6 heteroatoms. The highest BCUT2D eigenvalue weighted by Crippen LogP contribution is 2.17. The second kappa shape index (κ2) is 8.71. The number of imidazole rings is 1. The molecule has 1 N–H and O–H groups in total. The Bertz CT molecular complexity index is 1040. The number of carbonyl (C=O) groups excluding carboxylic acids is 1.